The third-order valence-corrected chi connectivity index (χ3v) is 3.50. The number of aromatic nitrogens is 1. The van der Waals surface area contributed by atoms with Crippen molar-refractivity contribution in [3.63, 3.8) is 0 Å². The summed E-state index contributed by atoms with van der Waals surface area (Å²) in [6, 6.07) is 10.5. The summed E-state index contributed by atoms with van der Waals surface area (Å²) in [5.74, 6) is 0. The first-order chi connectivity index (χ1) is 8.25. The van der Waals surface area contributed by atoms with Crippen LogP contribution in [0.15, 0.2) is 47.2 Å². The summed E-state index contributed by atoms with van der Waals surface area (Å²) in [7, 11) is 0. The minimum atomic E-state index is 0.869. The monoisotopic (exact) mass is 290 g/mol. The maximum absolute atomic E-state index is 4.00. The molecule has 3 heteroatoms. The van der Waals surface area contributed by atoms with Crippen molar-refractivity contribution in [3.05, 3.63) is 63.9 Å². The molecule has 0 amide bonds. The Labute approximate surface area is 110 Å². The van der Waals surface area contributed by atoms with Crippen LogP contribution in [0, 0.1) is 6.92 Å². The Kier molecular flexibility index (Phi) is 4.29. The number of hydrogen-bond acceptors (Lipinski definition) is 2. The van der Waals surface area contributed by atoms with E-state index < -0.39 is 0 Å². The molecule has 0 atom stereocenters. The number of halogens is 1. The average Bonchev–Trinajstić information content (AvgIpc) is 2.35. The Morgan fingerprint density at radius 3 is 2.47 bits per heavy atom. The summed E-state index contributed by atoms with van der Waals surface area (Å²) < 4.78 is 1.17. The second-order valence-electron chi connectivity index (χ2n) is 4.04. The zero-order valence-electron chi connectivity index (χ0n) is 9.78. The molecule has 0 saturated heterocycles. The van der Waals surface area contributed by atoms with Crippen molar-refractivity contribution in [3.8, 4) is 0 Å². The molecule has 2 aromatic rings. The number of rotatable bonds is 4. The fourth-order valence-electron chi connectivity index (χ4n) is 1.60. The van der Waals surface area contributed by atoms with Crippen LogP contribution >= 0.6 is 15.9 Å². The Balaban J connectivity index is 1.88. The Morgan fingerprint density at radius 2 is 1.76 bits per heavy atom. The fourth-order valence-corrected chi connectivity index (χ4v) is 2.02. The maximum Gasteiger partial charge on any atom is 0.0271 e. The van der Waals surface area contributed by atoms with E-state index in [1.165, 1.54) is 21.2 Å². The van der Waals surface area contributed by atoms with Gasteiger partial charge in [-0.15, -0.1) is 0 Å². The van der Waals surface area contributed by atoms with E-state index >= 15 is 0 Å². The Morgan fingerprint density at radius 1 is 1.06 bits per heavy atom. The van der Waals surface area contributed by atoms with Gasteiger partial charge in [-0.05, 0) is 41.8 Å². The highest BCUT2D eigenvalue weighted by Gasteiger charge is 1.97. The average molecular weight is 291 g/mol. The molecule has 88 valence electrons. The highest BCUT2D eigenvalue weighted by Crippen LogP contribution is 2.17. The van der Waals surface area contributed by atoms with Crippen molar-refractivity contribution in [1.82, 2.24) is 10.3 Å². The number of benzene rings is 1. The van der Waals surface area contributed by atoms with Gasteiger partial charge in [-0.25, -0.2) is 0 Å². The number of pyridine rings is 1. The van der Waals surface area contributed by atoms with Gasteiger partial charge in [0.15, 0.2) is 0 Å². The van der Waals surface area contributed by atoms with Gasteiger partial charge in [-0.3, -0.25) is 4.98 Å². The predicted molar refractivity (Wildman–Crippen MR) is 73.7 cm³/mol. The molecule has 1 heterocycles. The number of nitrogens with zero attached hydrogens (tertiary/aromatic N) is 1. The number of hydrogen-bond donors (Lipinski definition) is 1. The van der Waals surface area contributed by atoms with E-state index in [9.17, 15) is 0 Å². The van der Waals surface area contributed by atoms with Crippen LogP contribution in [-0.4, -0.2) is 4.98 Å². The summed E-state index contributed by atoms with van der Waals surface area (Å²) >= 11 is 3.55. The SMILES string of the molecule is Cc1ccc(CNCc2ccncc2)cc1Br. The van der Waals surface area contributed by atoms with Gasteiger partial charge in [0.05, 0.1) is 0 Å². The lowest BCUT2D eigenvalue weighted by Crippen LogP contribution is -2.12. The van der Waals surface area contributed by atoms with Gasteiger partial charge in [0.2, 0.25) is 0 Å². The van der Waals surface area contributed by atoms with Gasteiger partial charge < -0.3 is 5.32 Å². The molecule has 0 radical (unpaired) electrons. The Bertz CT molecular complexity index is 483. The van der Waals surface area contributed by atoms with Gasteiger partial charge in [0.1, 0.15) is 0 Å². The van der Waals surface area contributed by atoms with Crippen LogP contribution in [0.25, 0.3) is 0 Å². The van der Waals surface area contributed by atoms with Crippen molar-refractivity contribution in [2.24, 2.45) is 0 Å². The van der Waals surface area contributed by atoms with E-state index in [-0.39, 0.29) is 0 Å². The zero-order valence-corrected chi connectivity index (χ0v) is 11.4. The number of nitrogens with one attached hydrogen (secondary N) is 1. The number of aryl methyl sites for hydroxylation is 1. The molecule has 2 rings (SSSR count). The van der Waals surface area contributed by atoms with E-state index in [4.69, 9.17) is 0 Å². The molecule has 1 aromatic carbocycles. The van der Waals surface area contributed by atoms with E-state index in [0.717, 1.165) is 13.1 Å². The molecule has 1 N–H and O–H groups in total. The predicted octanol–water partition coefficient (Wildman–Crippen LogP) is 3.44. The highest BCUT2D eigenvalue weighted by molar-refractivity contribution is 9.10. The summed E-state index contributed by atoms with van der Waals surface area (Å²) in [6.45, 7) is 3.84. The van der Waals surface area contributed by atoms with Crippen LogP contribution in [0.4, 0.5) is 0 Å². The maximum atomic E-state index is 4.00. The third-order valence-electron chi connectivity index (χ3n) is 2.64. The van der Waals surface area contributed by atoms with Crippen molar-refractivity contribution in [2.45, 2.75) is 20.0 Å². The van der Waals surface area contributed by atoms with Crippen molar-refractivity contribution in [2.75, 3.05) is 0 Å². The molecule has 0 fully saturated rings. The lowest BCUT2D eigenvalue weighted by Gasteiger charge is -2.06. The van der Waals surface area contributed by atoms with E-state index in [1.807, 2.05) is 24.5 Å². The molecule has 0 unspecified atom stereocenters. The van der Waals surface area contributed by atoms with Crippen LogP contribution in [0.1, 0.15) is 16.7 Å². The van der Waals surface area contributed by atoms with Crippen molar-refractivity contribution in [1.29, 1.82) is 0 Å². The van der Waals surface area contributed by atoms with Gasteiger partial charge >= 0.3 is 0 Å². The molecule has 0 aliphatic heterocycles. The normalized spacial score (nSPS) is 10.5. The molecule has 0 aliphatic carbocycles. The smallest absolute Gasteiger partial charge is 0.0271 e. The summed E-state index contributed by atoms with van der Waals surface area (Å²) in [4.78, 5) is 4.00. The minimum absolute atomic E-state index is 0.869. The molecular formula is C14H15BrN2. The van der Waals surface area contributed by atoms with Gasteiger partial charge in [-0.2, -0.15) is 0 Å². The lowest BCUT2D eigenvalue weighted by molar-refractivity contribution is 0.692. The molecule has 0 aliphatic rings. The van der Waals surface area contributed by atoms with Gasteiger partial charge in [0.25, 0.3) is 0 Å². The van der Waals surface area contributed by atoms with E-state index in [1.54, 1.807) is 0 Å². The first-order valence-electron chi connectivity index (χ1n) is 5.60. The van der Waals surface area contributed by atoms with Crippen LogP contribution in [-0.2, 0) is 13.1 Å². The molecular weight excluding hydrogens is 276 g/mol. The zero-order chi connectivity index (χ0) is 12.1. The third kappa shape index (κ3) is 3.65. The molecule has 0 bridgehead atoms. The minimum Gasteiger partial charge on any atom is -0.309 e. The summed E-state index contributed by atoms with van der Waals surface area (Å²) in [5, 5.41) is 3.42. The molecule has 1 aromatic heterocycles. The Hall–Kier alpha value is -1.19. The van der Waals surface area contributed by atoms with E-state index in [0.29, 0.717) is 0 Å². The fraction of sp³-hybridized carbons (Fsp3) is 0.214. The molecule has 2 nitrogen and oxygen atoms in total. The molecule has 0 spiro atoms. The summed E-state index contributed by atoms with van der Waals surface area (Å²) in [5.41, 5.74) is 3.81. The first kappa shape index (κ1) is 12.3. The van der Waals surface area contributed by atoms with Gasteiger partial charge in [-0.1, -0.05) is 28.1 Å². The van der Waals surface area contributed by atoms with Crippen LogP contribution in [0.2, 0.25) is 0 Å². The van der Waals surface area contributed by atoms with Crippen molar-refractivity contribution >= 4 is 15.9 Å². The highest BCUT2D eigenvalue weighted by atomic mass is 79.9. The lowest BCUT2D eigenvalue weighted by atomic mass is 10.1. The second kappa shape index (κ2) is 5.94. The first-order valence-corrected chi connectivity index (χ1v) is 6.39. The topological polar surface area (TPSA) is 24.9 Å². The largest absolute Gasteiger partial charge is 0.309 e. The van der Waals surface area contributed by atoms with Gasteiger partial charge in [0, 0.05) is 30.0 Å². The second-order valence-corrected chi connectivity index (χ2v) is 4.90. The van der Waals surface area contributed by atoms with E-state index in [2.05, 4.69) is 51.4 Å². The van der Waals surface area contributed by atoms with Crippen LogP contribution < -0.4 is 5.32 Å². The van der Waals surface area contributed by atoms with Crippen LogP contribution in [0.3, 0.4) is 0 Å². The molecule has 0 saturated carbocycles. The van der Waals surface area contributed by atoms with Crippen LogP contribution in [0.5, 0.6) is 0 Å². The summed E-state index contributed by atoms with van der Waals surface area (Å²) in [6.07, 6.45) is 3.64. The molecule has 17 heavy (non-hydrogen) atoms. The van der Waals surface area contributed by atoms with Crippen molar-refractivity contribution < 1.29 is 0 Å². The standard InChI is InChI=1S/C14H15BrN2/c1-11-2-3-13(8-14(11)15)10-17-9-12-4-6-16-7-5-12/h2-8,17H,9-10H2,1H3. The quantitative estimate of drug-likeness (QED) is 0.933.